The summed E-state index contributed by atoms with van der Waals surface area (Å²) in [4.78, 5) is 32.3. The first kappa shape index (κ1) is 22.0. The molecule has 4 rings (SSSR count). The highest BCUT2D eigenvalue weighted by atomic mass is 16.2. The largest absolute Gasteiger partial charge is 0.348 e. The predicted octanol–water partition coefficient (Wildman–Crippen LogP) is 4.30. The van der Waals surface area contributed by atoms with Crippen LogP contribution in [0.1, 0.15) is 84.5 Å². The van der Waals surface area contributed by atoms with Crippen LogP contribution < -0.4 is 5.32 Å². The first-order chi connectivity index (χ1) is 15.3. The Morgan fingerprint density at radius 2 is 1.75 bits per heavy atom. The van der Waals surface area contributed by atoms with Gasteiger partial charge in [-0.1, -0.05) is 26.0 Å². The zero-order valence-electron chi connectivity index (χ0n) is 19.3. The molecule has 2 aromatic heterocycles. The molecule has 1 saturated heterocycles. The number of hydrogen-bond acceptors (Lipinski definition) is 4. The van der Waals surface area contributed by atoms with Crippen molar-refractivity contribution in [2.75, 3.05) is 13.1 Å². The van der Waals surface area contributed by atoms with Crippen molar-refractivity contribution in [2.45, 2.75) is 59.0 Å². The second-order valence-electron chi connectivity index (χ2n) is 9.05. The molecule has 7 heteroatoms. The molecule has 1 aromatic carbocycles. The summed E-state index contributed by atoms with van der Waals surface area (Å²) in [5, 5.41) is 8.23. The Morgan fingerprint density at radius 1 is 1.06 bits per heavy atom. The number of hydrogen-bond donors (Lipinski definition) is 1. The highest BCUT2D eigenvalue weighted by Crippen LogP contribution is 2.24. The van der Waals surface area contributed by atoms with Crippen molar-refractivity contribution in [1.82, 2.24) is 25.0 Å². The molecule has 7 nitrogen and oxygen atoms in total. The van der Waals surface area contributed by atoms with Gasteiger partial charge in [0.05, 0.1) is 17.1 Å². The summed E-state index contributed by atoms with van der Waals surface area (Å²) < 4.78 is 1.86. The third kappa shape index (κ3) is 4.38. The van der Waals surface area contributed by atoms with Gasteiger partial charge in [-0.2, -0.15) is 5.10 Å². The van der Waals surface area contributed by atoms with Crippen LogP contribution in [-0.4, -0.2) is 44.6 Å². The molecule has 1 N–H and O–H groups in total. The van der Waals surface area contributed by atoms with E-state index in [1.54, 1.807) is 6.20 Å². The fraction of sp³-hybridized carbons (Fsp3) is 0.440. The number of rotatable bonds is 6. The number of carbonyl (C=O) groups is 2. The molecule has 168 valence electrons. The van der Waals surface area contributed by atoms with Crippen molar-refractivity contribution >= 4 is 22.8 Å². The van der Waals surface area contributed by atoms with E-state index >= 15 is 0 Å². The minimum absolute atomic E-state index is 0.0839. The maximum absolute atomic E-state index is 13.1. The van der Waals surface area contributed by atoms with Crippen LogP contribution in [0.5, 0.6) is 0 Å². The van der Waals surface area contributed by atoms with Gasteiger partial charge >= 0.3 is 0 Å². The van der Waals surface area contributed by atoms with Crippen LogP contribution in [0.3, 0.4) is 0 Å². The standard InChI is InChI=1S/C25H31N5O2/c1-16(2)22-13-20(21-15-27-30(17(3)4)23(21)28-22)24(31)26-14-18-7-9-19(10-8-18)25(32)29-11-5-6-12-29/h7-10,13,15-17H,5-6,11-12,14H2,1-4H3,(H,26,31). The Hall–Kier alpha value is -3.22. The summed E-state index contributed by atoms with van der Waals surface area (Å²) in [5.41, 5.74) is 3.84. The Morgan fingerprint density at radius 3 is 2.38 bits per heavy atom. The number of fused-ring (bicyclic) bond motifs is 1. The number of pyridine rings is 1. The molecular formula is C25H31N5O2. The average molecular weight is 434 g/mol. The van der Waals surface area contributed by atoms with E-state index in [9.17, 15) is 9.59 Å². The molecule has 0 atom stereocenters. The Balaban J connectivity index is 1.51. The van der Waals surface area contributed by atoms with Crippen LogP contribution in [0.15, 0.2) is 36.5 Å². The lowest BCUT2D eigenvalue weighted by molar-refractivity contribution is 0.0792. The molecule has 1 fully saturated rings. The second kappa shape index (κ2) is 9.10. The fourth-order valence-corrected chi connectivity index (χ4v) is 4.04. The average Bonchev–Trinajstić information content (AvgIpc) is 3.46. The lowest BCUT2D eigenvalue weighted by Crippen LogP contribution is -2.27. The van der Waals surface area contributed by atoms with E-state index in [4.69, 9.17) is 4.98 Å². The van der Waals surface area contributed by atoms with Crippen molar-refractivity contribution < 1.29 is 9.59 Å². The van der Waals surface area contributed by atoms with Crippen molar-refractivity contribution in [1.29, 1.82) is 0 Å². The van der Waals surface area contributed by atoms with E-state index in [1.807, 2.05) is 53.8 Å². The maximum Gasteiger partial charge on any atom is 0.253 e. The number of nitrogens with one attached hydrogen (secondary N) is 1. The number of nitrogens with zero attached hydrogens (tertiary/aromatic N) is 4. The van der Waals surface area contributed by atoms with Crippen LogP contribution >= 0.6 is 0 Å². The summed E-state index contributed by atoms with van der Waals surface area (Å²) in [7, 11) is 0. The van der Waals surface area contributed by atoms with Gasteiger partial charge < -0.3 is 10.2 Å². The first-order valence-corrected chi connectivity index (χ1v) is 11.4. The van der Waals surface area contributed by atoms with E-state index < -0.39 is 0 Å². The van der Waals surface area contributed by atoms with Crippen LogP contribution in [-0.2, 0) is 6.54 Å². The Kier molecular flexibility index (Phi) is 6.26. The zero-order valence-corrected chi connectivity index (χ0v) is 19.3. The van der Waals surface area contributed by atoms with E-state index in [2.05, 4.69) is 24.3 Å². The SMILES string of the molecule is CC(C)c1cc(C(=O)NCc2ccc(C(=O)N3CCCC3)cc2)c2cnn(C(C)C)c2n1. The summed E-state index contributed by atoms with van der Waals surface area (Å²) in [6.45, 7) is 10.3. The second-order valence-corrected chi connectivity index (χ2v) is 9.05. The van der Waals surface area contributed by atoms with Crippen molar-refractivity contribution in [3.05, 3.63) is 58.9 Å². The zero-order chi connectivity index (χ0) is 22.8. The Bertz CT molecular complexity index is 1130. The third-order valence-electron chi connectivity index (χ3n) is 5.96. The molecule has 1 aliphatic heterocycles. The monoisotopic (exact) mass is 433 g/mol. The van der Waals surface area contributed by atoms with Gasteiger partial charge in [0.2, 0.25) is 0 Å². The molecule has 2 amide bonds. The molecule has 0 unspecified atom stereocenters. The van der Waals surface area contributed by atoms with Crippen molar-refractivity contribution in [3.63, 3.8) is 0 Å². The van der Waals surface area contributed by atoms with Crippen LogP contribution in [0.25, 0.3) is 11.0 Å². The van der Waals surface area contributed by atoms with Gasteiger partial charge in [0.25, 0.3) is 11.8 Å². The number of likely N-dealkylation sites (tertiary alicyclic amines) is 1. The number of amides is 2. The predicted molar refractivity (Wildman–Crippen MR) is 125 cm³/mol. The molecule has 0 saturated carbocycles. The van der Waals surface area contributed by atoms with Gasteiger partial charge in [0.15, 0.2) is 5.65 Å². The molecule has 3 aromatic rings. The maximum atomic E-state index is 13.1. The first-order valence-electron chi connectivity index (χ1n) is 11.4. The van der Waals surface area contributed by atoms with Gasteiger partial charge in [-0.15, -0.1) is 0 Å². The third-order valence-corrected chi connectivity index (χ3v) is 5.96. The fourth-order valence-electron chi connectivity index (χ4n) is 4.04. The summed E-state index contributed by atoms with van der Waals surface area (Å²) in [6, 6.07) is 9.52. The van der Waals surface area contributed by atoms with E-state index in [0.29, 0.717) is 17.7 Å². The summed E-state index contributed by atoms with van der Waals surface area (Å²) in [6.07, 6.45) is 3.87. The molecule has 32 heavy (non-hydrogen) atoms. The minimum Gasteiger partial charge on any atom is -0.348 e. The van der Waals surface area contributed by atoms with E-state index in [1.165, 1.54) is 0 Å². The van der Waals surface area contributed by atoms with Gasteiger partial charge in [-0.05, 0) is 56.4 Å². The number of aromatic nitrogens is 3. The smallest absolute Gasteiger partial charge is 0.253 e. The normalized spacial score (nSPS) is 14.0. The lowest BCUT2D eigenvalue weighted by Gasteiger charge is -2.15. The van der Waals surface area contributed by atoms with Gasteiger partial charge in [0.1, 0.15) is 0 Å². The van der Waals surface area contributed by atoms with Crippen molar-refractivity contribution in [3.8, 4) is 0 Å². The Labute approximate surface area is 188 Å². The lowest BCUT2D eigenvalue weighted by atomic mass is 10.0. The van der Waals surface area contributed by atoms with E-state index in [0.717, 1.165) is 48.2 Å². The molecule has 0 spiro atoms. The molecule has 1 aliphatic rings. The minimum atomic E-state index is -0.153. The van der Waals surface area contributed by atoms with Crippen molar-refractivity contribution in [2.24, 2.45) is 0 Å². The highest BCUT2D eigenvalue weighted by molar-refractivity contribution is 6.05. The summed E-state index contributed by atoms with van der Waals surface area (Å²) >= 11 is 0. The topological polar surface area (TPSA) is 80.1 Å². The van der Waals surface area contributed by atoms with Gasteiger partial charge in [-0.3, -0.25) is 9.59 Å². The number of carbonyl (C=O) groups excluding carboxylic acids is 2. The van der Waals surface area contributed by atoms with E-state index in [-0.39, 0.29) is 23.8 Å². The van der Waals surface area contributed by atoms with Crippen LogP contribution in [0, 0.1) is 0 Å². The van der Waals surface area contributed by atoms with Gasteiger partial charge in [0, 0.05) is 36.9 Å². The number of benzene rings is 1. The molecular weight excluding hydrogens is 402 g/mol. The van der Waals surface area contributed by atoms with Crippen LogP contribution in [0.2, 0.25) is 0 Å². The molecule has 0 aliphatic carbocycles. The molecule has 0 radical (unpaired) electrons. The highest BCUT2D eigenvalue weighted by Gasteiger charge is 2.20. The van der Waals surface area contributed by atoms with Crippen LogP contribution in [0.4, 0.5) is 0 Å². The quantitative estimate of drug-likeness (QED) is 0.628. The molecule has 0 bridgehead atoms. The molecule has 3 heterocycles. The van der Waals surface area contributed by atoms with Gasteiger partial charge in [-0.25, -0.2) is 9.67 Å². The summed E-state index contributed by atoms with van der Waals surface area (Å²) in [5.74, 6) is 0.127.